The van der Waals surface area contributed by atoms with Gasteiger partial charge in [-0.3, -0.25) is 14.3 Å². The van der Waals surface area contributed by atoms with Crippen LogP contribution in [0.4, 0.5) is 20.2 Å². The molecule has 0 aliphatic carbocycles. The number of benzene rings is 4. The van der Waals surface area contributed by atoms with Crippen molar-refractivity contribution in [2.75, 3.05) is 22.5 Å². The maximum Gasteiger partial charge on any atom is 0.337 e. The molecule has 0 spiro atoms. The Morgan fingerprint density at radius 1 is 0.786 bits per heavy atom. The van der Waals surface area contributed by atoms with Crippen molar-refractivity contribution in [3.8, 4) is 21.9 Å². The first kappa shape index (κ1) is 38.1. The van der Waals surface area contributed by atoms with E-state index in [0.29, 0.717) is 41.3 Å². The molecular formula is C37H29F2N5O9S3. The summed E-state index contributed by atoms with van der Waals surface area (Å²) in [6.07, 6.45) is 1.93. The lowest BCUT2D eigenvalue weighted by atomic mass is 10.1. The molecule has 56 heavy (non-hydrogen) atoms. The number of aromatic carboxylic acids is 2. The first-order valence-corrected chi connectivity index (χ1v) is 20.3. The van der Waals surface area contributed by atoms with Gasteiger partial charge in [-0.1, -0.05) is 18.2 Å². The van der Waals surface area contributed by atoms with E-state index in [1.54, 1.807) is 12.1 Å². The summed E-state index contributed by atoms with van der Waals surface area (Å²) < 4.78 is 90.9. The summed E-state index contributed by atoms with van der Waals surface area (Å²) in [7, 11) is -8.43. The number of carboxylic acid groups (broad SMARTS) is 2. The molecule has 2 aromatic heterocycles. The van der Waals surface area contributed by atoms with Gasteiger partial charge in [0.05, 0.1) is 40.6 Å². The molecule has 4 N–H and O–H groups in total. The van der Waals surface area contributed by atoms with Crippen LogP contribution in [0.5, 0.6) is 5.75 Å². The fraction of sp³-hybridized carbons (Fsp3) is 0.108. The topological polar surface area (TPSA) is 197 Å². The summed E-state index contributed by atoms with van der Waals surface area (Å²) in [5.41, 5.74) is 0.665. The van der Waals surface area contributed by atoms with E-state index in [1.165, 1.54) is 95.8 Å². The van der Waals surface area contributed by atoms with Gasteiger partial charge in [-0.25, -0.2) is 39.9 Å². The van der Waals surface area contributed by atoms with E-state index >= 15 is 0 Å². The Morgan fingerprint density at radius 3 is 2.05 bits per heavy atom. The number of likely N-dealkylation sites (tertiary alicyclic amines) is 1. The molecule has 0 unspecified atom stereocenters. The van der Waals surface area contributed by atoms with Crippen LogP contribution in [0.2, 0.25) is 0 Å². The van der Waals surface area contributed by atoms with Crippen LogP contribution in [0, 0.1) is 11.6 Å². The molecular weight excluding hydrogens is 793 g/mol. The number of anilines is 2. The predicted octanol–water partition coefficient (Wildman–Crippen LogP) is 6.14. The number of nitrogens with zero attached hydrogens (tertiary/aromatic N) is 3. The Kier molecular flexibility index (Phi) is 10.3. The van der Waals surface area contributed by atoms with Crippen molar-refractivity contribution in [3.05, 3.63) is 138 Å². The highest BCUT2D eigenvalue weighted by Gasteiger charge is 2.30. The van der Waals surface area contributed by atoms with E-state index in [1.807, 2.05) is 4.90 Å². The molecule has 288 valence electrons. The van der Waals surface area contributed by atoms with Crippen molar-refractivity contribution in [2.45, 2.75) is 21.8 Å². The molecule has 0 radical (unpaired) electrons. The monoisotopic (exact) mass is 821 g/mol. The summed E-state index contributed by atoms with van der Waals surface area (Å²) in [5.74, 6) is -3.45. The van der Waals surface area contributed by atoms with Gasteiger partial charge in [-0.15, -0.1) is 11.3 Å². The van der Waals surface area contributed by atoms with Crippen molar-refractivity contribution in [2.24, 2.45) is 0 Å². The molecule has 14 nitrogen and oxygen atoms in total. The summed E-state index contributed by atoms with van der Waals surface area (Å²) in [6, 6.07) is 22.0. The molecule has 7 rings (SSSR count). The maximum atomic E-state index is 13.3. The van der Waals surface area contributed by atoms with Crippen LogP contribution >= 0.6 is 11.3 Å². The lowest BCUT2D eigenvalue weighted by Gasteiger charge is -2.39. The quantitative estimate of drug-likeness (QED) is 0.0985. The number of carboxylic acids is 2. The molecule has 3 heterocycles. The number of sulfonamides is 2. The lowest BCUT2D eigenvalue weighted by molar-refractivity contribution is 0.0144. The van der Waals surface area contributed by atoms with E-state index in [9.17, 15) is 45.4 Å². The third-order valence-corrected chi connectivity index (χ3v) is 12.9. The van der Waals surface area contributed by atoms with Crippen LogP contribution in [0.3, 0.4) is 0 Å². The number of rotatable bonds is 14. The maximum absolute atomic E-state index is 13.3. The number of nitrogens with one attached hydrogen (secondary N) is 2. The molecule has 1 aliphatic heterocycles. The zero-order valence-corrected chi connectivity index (χ0v) is 31.1. The van der Waals surface area contributed by atoms with Crippen molar-refractivity contribution in [1.29, 1.82) is 0 Å². The van der Waals surface area contributed by atoms with Crippen LogP contribution in [-0.2, 0) is 26.6 Å². The fourth-order valence-electron chi connectivity index (χ4n) is 5.81. The molecule has 1 saturated heterocycles. The van der Waals surface area contributed by atoms with Crippen LogP contribution in [-0.4, -0.2) is 72.9 Å². The number of carbonyl (C=O) groups is 2. The Hall–Kier alpha value is -6.15. The molecule has 0 bridgehead atoms. The van der Waals surface area contributed by atoms with Gasteiger partial charge in [0.25, 0.3) is 20.0 Å². The molecule has 0 amide bonds. The van der Waals surface area contributed by atoms with E-state index in [-0.39, 0.29) is 43.5 Å². The van der Waals surface area contributed by atoms with Gasteiger partial charge in [-0.2, -0.15) is 5.10 Å². The summed E-state index contributed by atoms with van der Waals surface area (Å²) in [4.78, 5) is 26.5. The average molecular weight is 822 g/mol. The highest BCUT2D eigenvalue weighted by Crippen LogP contribution is 2.33. The largest absolute Gasteiger partial charge is 0.488 e. The molecule has 4 aromatic carbocycles. The Bertz CT molecular complexity index is 2500. The standard InChI is InChI=1S/C37H29F2N5O9S3/c38-24-4-2-23(3-5-24)34-13-14-35(54-34)56(51,52)42-33-12-10-27(16-31(33)37(47)48)53-28-19-43(20-28)18-22-1-11-32(30(15-22)36(45)46)41-55(49,50)29-17-40-44(21-29)26-8-6-25(39)7-9-26/h1-17,21,28,41-42H,18-20H2,(H,45,46)(H,47,48). The van der Waals surface area contributed by atoms with E-state index < -0.39 is 43.6 Å². The average Bonchev–Trinajstić information content (AvgIpc) is 3.85. The van der Waals surface area contributed by atoms with Crippen molar-refractivity contribution >= 4 is 54.7 Å². The van der Waals surface area contributed by atoms with Crippen LogP contribution in [0.1, 0.15) is 26.3 Å². The Labute approximate surface area is 322 Å². The third-order valence-electron chi connectivity index (χ3n) is 8.59. The lowest BCUT2D eigenvalue weighted by Crippen LogP contribution is -2.53. The van der Waals surface area contributed by atoms with Gasteiger partial charge in [0.1, 0.15) is 32.6 Å². The number of hydrogen-bond donors (Lipinski definition) is 4. The van der Waals surface area contributed by atoms with E-state index in [2.05, 4.69) is 14.5 Å². The zero-order valence-electron chi connectivity index (χ0n) is 28.7. The highest BCUT2D eigenvalue weighted by molar-refractivity contribution is 7.94. The number of ether oxygens (including phenoxy) is 1. The Morgan fingerprint density at radius 2 is 1.39 bits per heavy atom. The first-order chi connectivity index (χ1) is 26.6. The second-order valence-electron chi connectivity index (χ2n) is 12.6. The van der Waals surface area contributed by atoms with Gasteiger partial charge in [-0.05, 0) is 90.0 Å². The van der Waals surface area contributed by atoms with Crippen molar-refractivity contribution < 1.29 is 50.2 Å². The predicted molar refractivity (Wildman–Crippen MR) is 201 cm³/mol. The van der Waals surface area contributed by atoms with Gasteiger partial charge in [0, 0.05) is 24.5 Å². The minimum Gasteiger partial charge on any atom is -0.488 e. The smallest absolute Gasteiger partial charge is 0.337 e. The molecule has 0 saturated carbocycles. The van der Waals surface area contributed by atoms with Crippen LogP contribution in [0.25, 0.3) is 16.1 Å². The number of thiophene rings is 1. The highest BCUT2D eigenvalue weighted by atomic mass is 32.2. The van der Waals surface area contributed by atoms with Crippen molar-refractivity contribution in [3.63, 3.8) is 0 Å². The second-order valence-corrected chi connectivity index (χ2v) is 17.2. The summed E-state index contributed by atoms with van der Waals surface area (Å²) in [5, 5.41) is 23.8. The molecule has 6 aromatic rings. The van der Waals surface area contributed by atoms with E-state index in [0.717, 1.165) is 17.5 Å². The van der Waals surface area contributed by atoms with Gasteiger partial charge in [0.2, 0.25) is 0 Å². The summed E-state index contributed by atoms with van der Waals surface area (Å²) in [6.45, 7) is 1.07. The Balaban J connectivity index is 0.964. The third kappa shape index (κ3) is 8.40. The molecule has 1 aliphatic rings. The van der Waals surface area contributed by atoms with Gasteiger partial charge in [0.15, 0.2) is 0 Å². The minimum atomic E-state index is -4.25. The minimum absolute atomic E-state index is 0.0674. The fourth-order valence-corrected chi connectivity index (χ4v) is 9.21. The molecule has 1 fully saturated rings. The van der Waals surface area contributed by atoms with Crippen LogP contribution < -0.4 is 14.2 Å². The molecule has 0 atom stereocenters. The molecule has 19 heteroatoms. The van der Waals surface area contributed by atoms with Crippen LogP contribution in [0.15, 0.2) is 119 Å². The van der Waals surface area contributed by atoms with E-state index in [4.69, 9.17) is 4.74 Å². The van der Waals surface area contributed by atoms with Gasteiger partial charge >= 0.3 is 11.9 Å². The number of aromatic nitrogens is 2. The first-order valence-electron chi connectivity index (χ1n) is 16.5. The zero-order chi connectivity index (χ0) is 39.8. The second kappa shape index (κ2) is 15.2. The normalized spacial score (nSPS) is 13.5. The number of hydrogen-bond acceptors (Lipinski definition) is 10. The van der Waals surface area contributed by atoms with Crippen molar-refractivity contribution in [1.82, 2.24) is 14.7 Å². The SMILES string of the molecule is O=C(O)c1cc(CN2CC(Oc3ccc(NS(=O)(=O)c4ccc(-c5ccc(F)cc5)s4)c(C(=O)O)c3)C2)ccc1NS(=O)(=O)c1cnn(-c2ccc(F)cc2)c1. The summed E-state index contributed by atoms with van der Waals surface area (Å²) >= 11 is 0.942. The van der Waals surface area contributed by atoms with Gasteiger partial charge < -0.3 is 14.9 Å². The number of halogens is 2.